The lowest BCUT2D eigenvalue weighted by molar-refractivity contribution is 0.450. The summed E-state index contributed by atoms with van der Waals surface area (Å²) in [7, 11) is 0.635. The van der Waals surface area contributed by atoms with Gasteiger partial charge >= 0.3 is 8.16 Å². The van der Waals surface area contributed by atoms with Gasteiger partial charge in [-0.1, -0.05) is 105 Å². The SMILES string of the molecule is C[C@H](C1CCCC1P(C)c1ccccc1)N(C)p1oc2ccc3ccccc3c2c2c(ccc3ccccc32)o1. The number of nitrogens with zero attached hydrogens (tertiary/aromatic N) is 1. The number of hydrogen-bond acceptors (Lipinski definition) is 3. The van der Waals surface area contributed by atoms with Crippen LogP contribution < -0.4 is 9.97 Å². The van der Waals surface area contributed by atoms with Gasteiger partial charge in [0.25, 0.3) is 0 Å². The largest absolute Gasteiger partial charge is 0.408 e. The van der Waals surface area contributed by atoms with Gasteiger partial charge in [0.05, 0.1) is 0 Å². The van der Waals surface area contributed by atoms with Gasteiger partial charge in [0.2, 0.25) is 0 Å². The smallest absolute Gasteiger partial charge is 0.309 e. The van der Waals surface area contributed by atoms with E-state index >= 15 is 0 Å². The molecular weight excluding hydrogens is 528 g/mol. The van der Waals surface area contributed by atoms with E-state index in [1.807, 2.05) is 0 Å². The molecule has 1 aromatic heterocycles. The molecule has 40 heavy (non-hydrogen) atoms. The minimum Gasteiger partial charge on any atom is -0.408 e. The summed E-state index contributed by atoms with van der Waals surface area (Å²) in [5.74, 6) is 0.617. The molecular formula is C35H35NO2P2. The average Bonchev–Trinajstić information content (AvgIpc) is 3.43. The van der Waals surface area contributed by atoms with Crippen molar-refractivity contribution in [3.63, 3.8) is 0 Å². The molecule has 0 radical (unpaired) electrons. The van der Waals surface area contributed by atoms with Crippen molar-refractivity contribution in [3.8, 4) is 0 Å². The summed E-state index contributed by atoms with van der Waals surface area (Å²) in [4.78, 5) is 0. The molecule has 5 heteroatoms. The quantitative estimate of drug-likeness (QED) is 0.196. The van der Waals surface area contributed by atoms with Gasteiger partial charge < -0.3 is 8.39 Å². The zero-order chi connectivity index (χ0) is 27.2. The van der Waals surface area contributed by atoms with E-state index in [0.29, 0.717) is 17.6 Å². The highest BCUT2D eigenvalue weighted by Gasteiger charge is 2.38. The summed E-state index contributed by atoms with van der Waals surface area (Å²) in [6, 6.07) is 37.3. The van der Waals surface area contributed by atoms with Crippen LogP contribution in [0.3, 0.4) is 0 Å². The molecule has 4 atom stereocenters. The van der Waals surface area contributed by atoms with Crippen LogP contribution in [0.1, 0.15) is 26.2 Å². The molecule has 3 unspecified atom stereocenters. The van der Waals surface area contributed by atoms with E-state index in [2.05, 4.69) is 128 Å². The van der Waals surface area contributed by atoms with Crippen LogP contribution in [-0.2, 0) is 0 Å². The third kappa shape index (κ3) is 4.46. The standard InChI is InChI=1S/C35H35NO2P2/c1-24(28-18-11-19-33(28)39(3)27-14-5-4-6-15-27)36(2)40-37-31-22-20-25-12-7-9-16-29(25)34(31)35-30-17-10-8-13-26(30)21-23-32(35)38-40/h4-10,12-17,20-24,28,33H,11,18-19H2,1-3H3/t24-,28?,33?,39?/m1/s1. The van der Waals surface area contributed by atoms with E-state index < -0.39 is 8.16 Å². The van der Waals surface area contributed by atoms with E-state index in [4.69, 9.17) is 8.39 Å². The highest BCUT2D eigenvalue weighted by Crippen LogP contribution is 2.51. The second kappa shape index (κ2) is 10.7. The first kappa shape index (κ1) is 25.8. The molecule has 1 fully saturated rings. The fourth-order valence-electron chi connectivity index (χ4n) is 6.78. The monoisotopic (exact) mass is 563 g/mol. The van der Waals surface area contributed by atoms with Gasteiger partial charge in [0, 0.05) is 23.9 Å². The maximum absolute atomic E-state index is 6.89. The summed E-state index contributed by atoms with van der Waals surface area (Å²) in [5, 5.41) is 8.60. The van der Waals surface area contributed by atoms with Crippen molar-refractivity contribution in [1.82, 2.24) is 0 Å². The zero-order valence-corrected chi connectivity index (χ0v) is 25.1. The Morgan fingerprint density at radius 3 is 1.88 bits per heavy atom. The van der Waals surface area contributed by atoms with E-state index in [9.17, 15) is 0 Å². The van der Waals surface area contributed by atoms with Gasteiger partial charge in [-0.3, -0.25) is 0 Å². The Labute approximate surface area is 238 Å². The van der Waals surface area contributed by atoms with Crippen molar-refractivity contribution in [3.05, 3.63) is 103 Å². The predicted octanol–water partition coefficient (Wildman–Crippen LogP) is 10.2. The fraction of sp³-hybridized carbons (Fsp3) is 0.257. The molecule has 1 aliphatic carbocycles. The molecule has 0 spiro atoms. The Hall–Kier alpha value is -3.09. The molecule has 0 aliphatic heterocycles. The molecule has 0 N–H and O–H groups in total. The molecule has 5 aromatic carbocycles. The summed E-state index contributed by atoms with van der Waals surface area (Å²) in [5.41, 5.74) is 2.53. The third-order valence-corrected chi connectivity index (χ3v) is 13.4. The Morgan fingerprint density at radius 2 is 1.27 bits per heavy atom. The minimum absolute atomic E-state index is 0.221. The highest BCUT2D eigenvalue weighted by molar-refractivity contribution is 7.65. The fourth-order valence-corrected chi connectivity index (χ4v) is 10.8. The number of benzene rings is 5. The Morgan fingerprint density at radius 1 is 0.725 bits per heavy atom. The van der Waals surface area contributed by atoms with Crippen molar-refractivity contribution < 1.29 is 8.39 Å². The van der Waals surface area contributed by atoms with Crippen molar-refractivity contribution in [2.75, 3.05) is 18.4 Å². The van der Waals surface area contributed by atoms with E-state index in [-0.39, 0.29) is 7.92 Å². The molecule has 0 bridgehead atoms. The van der Waals surface area contributed by atoms with Crippen molar-refractivity contribution in [2.45, 2.75) is 37.9 Å². The molecule has 7 rings (SSSR count). The molecule has 0 amide bonds. The van der Waals surface area contributed by atoms with Crippen LogP contribution in [0.15, 0.2) is 112 Å². The summed E-state index contributed by atoms with van der Waals surface area (Å²) >= 11 is 0. The lowest BCUT2D eigenvalue weighted by Gasteiger charge is -2.34. The average molecular weight is 564 g/mol. The first-order chi connectivity index (χ1) is 19.6. The van der Waals surface area contributed by atoms with E-state index in [0.717, 1.165) is 21.9 Å². The van der Waals surface area contributed by atoms with Gasteiger partial charge in [-0.15, -0.1) is 0 Å². The lowest BCUT2D eigenvalue weighted by Crippen LogP contribution is -2.37. The van der Waals surface area contributed by atoms with Gasteiger partial charge in [0.1, 0.15) is 11.2 Å². The van der Waals surface area contributed by atoms with Gasteiger partial charge in [-0.25, -0.2) is 4.67 Å². The van der Waals surface area contributed by atoms with E-state index in [1.54, 1.807) is 0 Å². The summed E-state index contributed by atoms with van der Waals surface area (Å²) in [6.07, 6.45) is 3.88. The number of hydrogen-bond donors (Lipinski definition) is 0. The van der Waals surface area contributed by atoms with Crippen molar-refractivity contribution in [2.24, 2.45) is 5.92 Å². The first-order valence-corrected chi connectivity index (χ1v) is 17.3. The van der Waals surface area contributed by atoms with E-state index in [1.165, 1.54) is 46.1 Å². The number of rotatable bonds is 5. The van der Waals surface area contributed by atoms with Crippen LogP contribution >= 0.6 is 16.1 Å². The maximum atomic E-state index is 6.89. The molecule has 202 valence electrons. The second-order valence-corrected chi connectivity index (χ2v) is 15.0. The molecule has 3 nitrogen and oxygen atoms in total. The maximum Gasteiger partial charge on any atom is 0.309 e. The van der Waals surface area contributed by atoms with Gasteiger partial charge in [0.15, 0.2) is 0 Å². The minimum atomic E-state index is -1.35. The van der Waals surface area contributed by atoms with Crippen LogP contribution in [0.5, 0.6) is 0 Å². The van der Waals surface area contributed by atoms with Gasteiger partial charge in [-0.05, 0) is 77.0 Å². The summed E-state index contributed by atoms with van der Waals surface area (Å²) in [6.45, 7) is 4.87. The van der Waals surface area contributed by atoms with Crippen LogP contribution in [0, 0.1) is 5.92 Å². The highest BCUT2D eigenvalue weighted by atomic mass is 31.1. The second-order valence-electron chi connectivity index (χ2n) is 11.2. The lowest BCUT2D eigenvalue weighted by atomic mass is 9.99. The molecule has 0 saturated heterocycles. The normalized spacial score (nSPS) is 19.1. The molecule has 1 saturated carbocycles. The van der Waals surface area contributed by atoms with Crippen LogP contribution in [-0.4, -0.2) is 25.4 Å². The first-order valence-electron chi connectivity index (χ1n) is 14.3. The third-order valence-electron chi connectivity index (χ3n) is 9.04. The molecule has 1 heterocycles. The number of fused-ring (bicyclic) bond motifs is 7. The molecule has 6 aromatic rings. The Kier molecular flexibility index (Phi) is 6.92. The van der Waals surface area contributed by atoms with Crippen LogP contribution in [0.25, 0.3) is 43.5 Å². The Balaban J connectivity index is 1.39. The predicted molar refractivity (Wildman–Crippen MR) is 175 cm³/mol. The van der Waals surface area contributed by atoms with Crippen molar-refractivity contribution >= 4 is 64.9 Å². The zero-order valence-electron chi connectivity index (χ0n) is 23.3. The van der Waals surface area contributed by atoms with Crippen molar-refractivity contribution in [1.29, 1.82) is 0 Å². The molecule has 1 aliphatic rings. The topological polar surface area (TPSA) is 29.5 Å². The van der Waals surface area contributed by atoms with Crippen LogP contribution in [0.2, 0.25) is 0 Å². The van der Waals surface area contributed by atoms with Gasteiger partial charge in [-0.2, -0.15) is 0 Å². The Bertz CT molecular complexity index is 1770. The summed E-state index contributed by atoms with van der Waals surface area (Å²) < 4.78 is 16.2. The van der Waals surface area contributed by atoms with Crippen LogP contribution in [0.4, 0.5) is 0 Å².